The number of anilines is 1. The molecule has 0 bridgehead atoms. The number of hydrogen-bond acceptors (Lipinski definition) is 6. The number of nitrogens with zero attached hydrogens (tertiary/aromatic N) is 4. The highest BCUT2D eigenvalue weighted by Crippen LogP contribution is 2.37. The molecule has 7 heteroatoms. The number of rotatable bonds is 13. The van der Waals surface area contributed by atoms with Crippen molar-refractivity contribution >= 4 is 17.0 Å². The molecule has 0 radical (unpaired) electrons. The highest BCUT2D eigenvalue weighted by atomic mass is 32.1. The minimum atomic E-state index is 0.564. The maximum absolute atomic E-state index is 9.91. The van der Waals surface area contributed by atoms with Crippen LogP contribution in [0.25, 0.3) is 33.0 Å². The molecule has 0 aliphatic heterocycles. The largest absolute Gasteiger partial charge is 0.384 e. The van der Waals surface area contributed by atoms with Crippen molar-refractivity contribution in [1.29, 1.82) is 5.26 Å². The summed E-state index contributed by atoms with van der Waals surface area (Å²) in [6.45, 7) is 3.22. The molecule has 0 saturated carbocycles. The van der Waals surface area contributed by atoms with Gasteiger partial charge in [0.2, 0.25) is 5.82 Å². The summed E-state index contributed by atoms with van der Waals surface area (Å²) < 4.78 is 0. The molecule has 0 amide bonds. The van der Waals surface area contributed by atoms with Gasteiger partial charge in [0, 0.05) is 17.7 Å². The highest BCUT2D eigenvalue weighted by Gasteiger charge is 2.13. The first-order chi connectivity index (χ1) is 17.3. The van der Waals surface area contributed by atoms with Gasteiger partial charge in [0.15, 0.2) is 0 Å². The number of hydrogen-bond donors (Lipinski definition) is 2. The van der Waals surface area contributed by atoms with Crippen LogP contribution in [-0.2, 0) is 0 Å². The Balaban J connectivity index is 1.38. The molecular weight excluding hydrogens is 452 g/mol. The van der Waals surface area contributed by atoms with Crippen molar-refractivity contribution in [3.8, 4) is 39.0 Å². The predicted molar refractivity (Wildman–Crippen MR) is 144 cm³/mol. The third-order valence-electron chi connectivity index (χ3n) is 6.22. The molecule has 2 N–H and O–H groups in total. The van der Waals surface area contributed by atoms with Gasteiger partial charge in [0.1, 0.15) is 0 Å². The molecule has 0 spiro atoms. The second kappa shape index (κ2) is 12.8. The Morgan fingerprint density at radius 2 is 1.60 bits per heavy atom. The van der Waals surface area contributed by atoms with Crippen molar-refractivity contribution in [3.05, 3.63) is 59.5 Å². The smallest absolute Gasteiger partial charge is 0.204 e. The topological polar surface area (TPSA) is 90.3 Å². The summed E-state index contributed by atoms with van der Waals surface area (Å²) in [6.07, 6.45) is 10.5. The fraction of sp³-hybridized carbons (Fsp3) is 0.357. The van der Waals surface area contributed by atoms with Gasteiger partial charge in [-0.1, -0.05) is 88.3 Å². The van der Waals surface area contributed by atoms with E-state index in [4.69, 9.17) is 0 Å². The van der Waals surface area contributed by atoms with Crippen molar-refractivity contribution in [3.63, 3.8) is 0 Å². The summed E-state index contributed by atoms with van der Waals surface area (Å²) in [5.41, 5.74) is 5.72. The fourth-order valence-corrected chi connectivity index (χ4v) is 5.16. The van der Waals surface area contributed by atoms with Crippen LogP contribution >= 0.6 is 11.3 Å². The van der Waals surface area contributed by atoms with Crippen LogP contribution in [0.1, 0.15) is 63.9 Å². The van der Waals surface area contributed by atoms with Crippen LogP contribution in [-0.4, -0.2) is 27.2 Å². The molecule has 4 aromatic rings. The number of aromatic nitrogens is 4. The number of unbranched alkanes of at least 4 members (excludes halogenated alkanes) is 7. The second-order valence-corrected chi connectivity index (χ2v) is 9.67. The number of aromatic amines is 1. The lowest BCUT2D eigenvalue weighted by atomic mass is 9.97. The maximum atomic E-state index is 9.91. The van der Waals surface area contributed by atoms with Crippen LogP contribution in [0.5, 0.6) is 0 Å². The number of thiophene rings is 1. The Hall–Kier alpha value is -3.50. The van der Waals surface area contributed by atoms with E-state index in [2.05, 4.69) is 62.5 Å². The van der Waals surface area contributed by atoms with Crippen molar-refractivity contribution in [2.24, 2.45) is 0 Å². The van der Waals surface area contributed by atoms with Crippen molar-refractivity contribution < 1.29 is 0 Å². The molecule has 0 atom stereocenters. The van der Waals surface area contributed by atoms with Crippen LogP contribution in [0.3, 0.4) is 0 Å². The standard InChI is InChI=1S/C28H32N6S/c1-2-3-4-5-6-7-8-9-17-30-26-16-18-35-27(26)25-15-14-23(19-24(25)20-29)21-10-12-22(13-11-21)28-31-33-34-32-28/h10-16,18-19,30H,2-9,17H2,1H3,(H,31,32,33,34). The first-order valence-electron chi connectivity index (χ1n) is 12.5. The molecule has 4 rings (SSSR count). The van der Waals surface area contributed by atoms with Crippen LogP contribution in [0.15, 0.2) is 53.9 Å². The van der Waals surface area contributed by atoms with E-state index < -0.39 is 0 Å². The van der Waals surface area contributed by atoms with Gasteiger partial charge in [-0.25, -0.2) is 0 Å². The maximum Gasteiger partial charge on any atom is 0.204 e. The molecule has 2 heterocycles. The van der Waals surface area contributed by atoms with E-state index in [1.807, 2.05) is 30.3 Å². The second-order valence-electron chi connectivity index (χ2n) is 8.75. The molecular formula is C28H32N6S. The molecule has 0 unspecified atom stereocenters. The minimum absolute atomic E-state index is 0.564. The van der Waals surface area contributed by atoms with Crippen LogP contribution in [0.4, 0.5) is 5.69 Å². The zero-order valence-electron chi connectivity index (χ0n) is 20.3. The first kappa shape index (κ1) is 24.6. The Labute approximate surface area is 211 Å². The molecule has 0 fully saturated rings. The fourth-order valence-electron chi connectivity index (χ4n) is 4.25. The Bertz CT molecular complexity index is 1220. The van der Waals surface area contributed by atoms with E-state index in [1.165, 1.54) is 51.4 Å². The normalized spacial score (nSPS) is 10.9. The van der Waals surface area contributed by atoms with Crippen LogP contribution < -0.4 is 5.32 Å². The molecule has 180 valence electrons. The summed E-state index contributed by atoms with van der Waals surface area (Å²) in [6, 6.07) is 18.6. The summed E-state index contributed by atoms with van der Waals surface area (Å²) in [7, 11) is 0. The lowest BCUT2D eigenvalue weighted by Gasteiger charge is -2.11. The molecule has 2 aromatic carbocycles. The van der Waals surface area contributed by atoms with Crippen LogP contribution in [0, 0.1) is 11.3 Å². The molecule has 6 nitrogen and oxygen atoms in total. The molecule has 0 aliphatic carbocycles. The molecule has 2 aromatic heterocycles. The zero-order chi connectivity index (χ0) is 24.3. The zero-order valence-corrected chi connectivity index (χ0v) is 21.1. The van der Waals surface area contributed by atoms with Crippen molar-refractivity contribution in [1.82, 2.24) is 20.6 Å². The molecule has 0 aliphatic rings. The number of benzene rings is 2. The van der Waals surface area contributed by atoms with Gasteiger partial charge < -0.3 is 5.32 Å². The average molecular weight is 485 g/mol. The van der Waals surface area contributed by atoms with Crippen molar-refractivity contribution in [2.75, 3.05) is 11.9 Å². The van der Waals surface area contributed by atoms with E-state index in [-0.39, 0.29) is 0 Å². The van der Waals surface area contributed by atoms with Crippen molar-refractivity contribution in [2.45, 2.75) is 58.3 Å². The van der Waals surface area contributed by atoms with E-state index >= 15 is 0 Å². The number of nitriles is 1. The summed E-state index contributed by atoms with van der Waals surface area (Å²) in [4.78, 5) is 1.13. The summed E-state index contributed by atoms with van der Waals surface area (Å²) in [5.74, 6) is 0.564. The van der Waals surface area contributed by atoms with Gasteiger partial charge in [-0.3, -0.25) is 0 Å². The van der Waals surface area contributed by atoms with E-state index in [1.54, 1.807) is 11.3 Å². The van der Waals surface area contributed by atoms with E-state index in [0.717, 1.165) is 39.4 Å². The quantitative estimate of drug-likeness (QED) is 0.190. The van der Waals surface area contributed by atoms with E-state index in [9.17, 15) is 5.26 Å². The molecule has 35 heavy (non-hydrogen) atoms. The Kier molecular flexibility index (Phi) is 9.02. The average Bonchev–Trinajstić information content (AvgIpc) is 3.60. The van der Waals surface area contributed by atoms with Gasteiger partial charge in [-0.15, -0.1) is 21.5 Å². The lowest BCUT2D eigenvalue weighted by molar-refractivity contribution is 0.581. The third-order valence-corrected chi connectivity index (χ3v) is 7.17. The predicted octanol–water partition coefficient (Wildman–Crippen LogP) is 7.69. The highest BCUT2D eigenvalue weighted by molar-refractivity contribution is 7.14. The molecule has 0 saturated heterocycles. The Morgan fingerprint density at radius 1 is 0.886 bits per heavy atom. The van der Waals surface area contributed by atoms with Gasteiger partial charge >= 0.3 is 0 Å². The number of nitrogens with one attached hydrogen (secondary N) is 2. The summed E-state index contributed by atoms with van der Waals surface area (Å²) in [5, 5.41) is 29.7. The van der Waals surface area contributed by atoms with Gasteiger partial charge in [-0.05, 0) is 40.3 Å². The monoisotopic (exact) mass is 484 g/mol. The van der Waals surface area contributed by atoms with Gasteiger partial charge in [0.05, 0.1) is 22.2 Å². The number of H-pyrrole nitrogens is 1. The first-order valence-corrected chi connectivity index (χ1v) is 13.4. The lowest BCUT2D eigenvalue weighted by Crippen LogP contribution is -2.01. The van der Waals surface area contributed by atoms with Gasteiger partial charge in [-0.2, -0.15) is 10.5 Å². The number of tetrazole rings is 1. The third kappa shape index (κ3) is 6.55. The summed E-state index contributed by atoms with van der Waals surface area (Å²) >= 11 is 1.68. The van der Waals surface area contributed by atoms with Gasteiger partial charge in [0.25, 0.3) is 0 Å². The minimum Gasteiger partial charge on any atom is -0.384 e. The van der Waals surface area contributed by atoms with E-state index in [0.29, 0.717) is 11.4 Å². The Morgan fingerprint density at radius 3 is 2.31 bits per heavy atom. The van der Waals surface area contributed by atoms with Crippen LogP contribution in [0.2, 0.25) is 0 Å². The SMILES string of the molecule is CCCCCCCCCCNc1ccsc1-c1ccc(-c2ccc(-c3nn[nH]n3)cc2)cc1C#N.